The standard InChI is InChI=1S/C16H21N5O3S/c1-10-3-4-12(13-8-19-16(18)20-15(13)17)7-14(10)25(22,23)21-5-6-24-9-11(21)2/h3-4,7-8,11H,5-6,9H2,1-2H3,(H4,17,18,19,20)/t11-/m1/s1. The molecule has 1 atom stereocenters. The molecule has 0 spiro atoms. The molecule has 134 valence electrons. The van der Waals surface area contributed by atoms with Crippen molar-refractivity contribution in [3.05, 3.63) is 30.0 Å². The number of nitrogens with zero attached hydrogens (tertiary/aromatic N) is 3. The number of aromatic nitrogens is 2. The van der Waals surface area contributed by atoms with E-state index in [-0.39, 0.29) is 22.7 Å². The highest BCUT2D eigenvalue weighted by molar-refractivity contribution is 7.89. The Morgan fingerprint density at radius 3 is 2.76 bits per heavy atom. The van der Waals surface area contributed by atoms with Crippen molar-refractivity contribution in [3.63, 3.8) is 0 Å². The van der Waals surface area contributed by atoms with Crippen LogP contribution in [0, 0.1) is 6.92 Å². The van der Waals surface area contributed by atoms with E-state index in [1.165, 1.54) is 10.5 Å². The van der Waals surface area contributed by atoms with Crippen LogP contribution >= 0.6 is 0 Å². The van der Waals surface area contributed by atoms with Crippen molar-refractivity contribution >= 4 is 21.8 Å². The maximum Gasteiger partial charge on any atom is 0.243 e. The summed E-state index contributed by atoms with van der Waals surface area (Å²) in [4.78, 5) is 8.12. The topological polar surface area (TPSA) is 124 Å². The first-order valence-corrected chi connectivity index (χ1v) is 9.33. The molecule has 1 aliphatic heterocycles. The first kappa shape index (κ1) is 17.6. The Labute approximate surface area is 146 Å². The van der Waals surface area contributed by atoms with Gasteiger partial charge in [-0.05, 0) is 31.0 Å². The number of anilines is 2. The quantitative estimate of drug-likeness (QED) is 0.834. The molecule has 2 aromatic rings. The van der Waals surface area contributed by atoms with Gasteiger partial charge < -0.3 is 16.2 Å². The smallest absolute Gasteiger partial charge is 0.243 e. The highest BCUT2D eigenvalue weighted by Crippen LogP contribution is 2.30. The number of hydrogen-bond acceptors (Lipinski definition) is 7. The number of nitrogen functional groups attached to an aromatic ring is 2. The van der Waals surface area contributed by atoms with E-state index in [0.29, 0.717) is 36.4 Å². The van der Waals surface area contributed by atoms with Crippen molar-refractivity contribution in [1.29, 1.82) is 0 Å². The lowest BCUT2D eigenvalue weighted by Gasteiger charge is -2.32. The van der Waals surface area contributed by atoms with E-state index >= 15 is 0 Å². The number of benzene rings is 1. The van der Waals surface area contributed by atoms with Gasteiger partial charge in [-0.15, -0.1) is 0 Å². The number of morpholine rings is 1. The van der Waals surface area contributed by atoms with Crippen LogP contribution in [0.4, 0.5) is 11.8 Å². The van der Waals surface area contributed by atoms with Crippen molar-refractivity contribution < 1.29 is 13.2 Å². The number of nitrogens with two attached hydrogens (primary N) is 2. The lowest BCUT2D eigenvalue weighted by molar-refractivity contribution is 0.0392. The molecule has 1 saturated heterocycles. The van der Waals surface area contributed by atoms with Crippen molar-refractivity contribution in [1.82, 2.24) is 14.3 Å². The molecule has 0 saturated carbocycles. The first-order chi connectivity index (χ1) is 11.8. The lowest BCUT2D eigenvalue weighted by atomic mass is 10.1. The summed E-state index contributed by atoms with van der Waals surface area (Å²) in [7, 11) is -3.65. The molecule has 0 unspecified atom stereocenters. The zero-order valence-electron chi connectivity index (χ0n) is 14.1. The molecule has 1 fully saturated rings. The zero-order chi connectivity index (χ0) is 18.2. The minimum atomic E-state index is -3.65. The van der Waals surface area contributed by atoms with E-state index in [2.05, 4.69) is 9.97 Å². The normalized spacial score (nSPS) is 19.0. The summed E-state index contributed by atoms with van der Waals surface area (Å²) in [6.45, 7) is 4.71. The molecule has 4 N–H and O–H groups in total. The van der Waals surface area contributed by atoms with Gasteiger partial charge >= 0.3 is 0 Å². The molecule has 9 heteroatoms. The molecule has 25 heavy (non-hydrogen) atoms. The van der Waals surface area contributed by atoms with E-state index in [1.54, 1.807) is 25.1 Å². The third-order valence-corrected chi connectivity index (χ3v) is 6.38. The van der Waals surface area contributed by atoms with Gasteiger partial charge in [0.1, 0.15) is 5.82 Å². The van der Waals surface area contributed by atoms with Gasteiger partial charge in [-0.1, -0.05) is 12.1 Å². The van der Waals surface area contributed by atoms with Crippen molar-refractivity contribution in [2.24, 2.45) is 0 Å². The number of hydrogen-bond donors (Lipinski definition) is 2. The number of aryl methyl sites for hydroxylation is 1. The largest absolute Gasteiger partial charge is 0.383 e. The van der Waals surface area contributed by atoms with Crippen molar-refractivity contribution in [2.75, 3.05) is 31.2 Å². The van der Waals surface area contributed by atoms with Gasteiger partial charge in [-0.2, -0.15) is 9.29 Å². The SMILES string of the molecule is Cc1ccc(-c2cnc(N)nc2N)cc1S(=O)(=O)N1CCOC[C@H]1C. The van der Waals surface area contributed by atoms with E-state index in [4.69, 9.17) is 16.2 Å². The summed E-state index contributed by atoms with van der Waals surface area (Å²) >= 11 is 0. The number of ether oxygens (including phenoxy) is 1. The van der Waals surface area contributed by atoms with Crippen LogP contribution in [0.5, 0.6) is 0 Å². The van der Waals surface area contributed by atoms with Crippen LogP contribution in [0.2, 0.25) is 0 Å². The molecule has 0 aliphatic carbocycles. The van der Waals surface area contributed by atoms with Gasteiger partial charge in [0.15, 0.2) is 0 Å². The molecule has 0 amide bonds. The summed E-state index contributed by atoms with van der Waals surface area (Å²) in [5.41, 5.74) is 13.3. The van der Waals surface area contributed by atoms with Gasteiger partial charge in [0.2, 0.25) is 16.0 Å². The maximum absolute atomic E-state index is 13.1. The Bertz CT molecular complexity index is 901. The molecule has 1 aromatic heterocycles. The predicted octanol–water partition coefficient (Wildman–Crippen LogP) is 1.03. The van der Waals surface area contributed by atoms with Crippen LogP contribution in [0.25, 0.3) is 11.1 Å². The van der Waals surface area contributed by atoms with Gasteiger partial charge in [0.05, 0.1) is 18.1 Å². The second kappa shape index (κ2) is 6.58. The molecule has 0 bridgehead atoms. The Morgan fingerprint density at radius 2 is 2.08 bits per heavy atom. The van der Waals surface area contributed by atoms with E-state index in [1.807, 2.05) is 6.92 Å². The van der Waals surface area contributed by atoms with Gasteiger partial charge in [0.25, 0.3) is 0 Å². The van der Waals surface area contributed by atoms with Crippen LogP contribution in [0.1, 0.15) is 12.5 Å². The fourth-order valence-electron chi connectivity index (χ4n) is 2.87. The van der Waals surface area contributed by atoms with Crippen molar-refractivity contribution in [3.8, 4) is 11.1 Å². The predicted molar refractivity (Wildman–Crippen MR) is 95.2 cm³/mol. The molecule has 3 rings (SSSR count). The average molecular weight is 363 g/mol. The lowest BCUT2D eigenvalue weighted by Crippen LogP contribution is -2.47. The molecule has 8 nitrogen and oxygen atoms in total. The van der Waals surface area contributed by atoms with Gasteiger partial charge in [0, 0.05) is 24.3 Å². The summed E-state index contributed by atoms with van der Waals surface area (Å²) < 4.78 is 33.1. The summed E-state index contributed by atoms with van der Waals surface area (Å²) in [5, 5.41) is 0. The molecular weight excluding hydrogens is 342 g/mol. The molecular formula is C16H21N5O3S. The van der Waals surface area contributed by atoms with E-state index in [9.17, 15) is 8.42 Å². The highest BCUT2D eigenvalue weighted by atomic mass is 32.2. The van der Waals surface area contributed by atoms with Crippen LogP contribution in [-0.4, -0.2) is 48.5 Å². The van der Waals surface area contributed by atoms with Crippen LogP contribution in [0.15, 0.2) is 29.3 Å². The van der Waals surface area contributed by atoms with Crippen LogP contribution in [-0.2, 0) is 14.8 Å². The molecule has 2 heterocycles. The van der Waals surface area contributed by atoms with Crippen LogP contribution in [0.3, 0.4) is 0 Å². The van der Waals surface area contributed by atoms with E-state index in [0.717, 1.165) is 0 Å². The molecule has 0 radical (unpaired) electrons. The third kappa shape index (κ3) is 3.30. The summed E-state index contributed by atoms with van der Waals surface area (Å²) in [6.07, 6.45) is 1.50. The summed E-state index contributed by atoms with van der Waals surface area (Å²) in [6, 6.07) is 4.94. The highest BCUT2D eigenvalue weighted by Gasteiger charge is 2.32. The number of sulfonamides is 1. The molecule has 1 aromatic carbocycles. The van der Waals surface area contributed by atoms with E-state index < -0.39 is 10.0 Å². The second-order valence-electron chi connectivity index (χ2n) is 6.05. The number of rotatable bonds is 3. The minimum Gasteiger partial charge on any atom is -0.383 e. The van der Waals surface area contributed by atoms with Gasteiger partial charge in [-0.3, -0.25) is 0 Å². The Hall–Kier alpha value is -2.23. The fourth-order valence-corrected chi connectivity index (χ4v) is 4.73. The van der Waals surface area contributed by atoms with Gasteiger partial charge in [-0.25, -0.2) is 13.4 Å². The Balaban J connectivity index is 2.08. The first-order valence-electron chi connectivity index (χ1n) is 7.89. The fraction of sp³-hybridized carbons (Fsp3) is 0.375. The monoisotopic (exact) mass is 363 g/mol. The Morgan fingerprint density at radius 1 is 1.32 bits per heavy atom. The minimum absolute atomic E-state index is 0.0725. The molecule has 1 aliphatic rings. The maximum atomic E-state index is 13.1. The zero-order valence-corrected chi connectivity index (χ0v) is 15.0. The van der Waals surface area contributed by atoms with Crippen molar-refractivity contribution in [2.45, 2.75) is 24.8 Å². The third-order valence-electron chi connectivity index (χ3n) is 4.23. The second-order valence-corrected chi connectivity index (χ2v) is 7.91. The Kier molecular flexibility index (Phi) is 4.63. The van der Waals surface area contributed by atoms with Crippen LogP contribution < -0.4 is 11.5 Å². The average Bonchev–Trinajstić information content (AvgIpc) is 2.56. The summed E-state index contributed by atoms with van der Waals surface area (Å²) in [5.74, 6) is 0.280.